The second kappa shape index (κ2) is 11.5. The van der Waals surface area contributed by atoms with E-state index >= 15 is 0 Å². The van der Waals surface area contributed by atoms with Gasteiger partial charge in [-0.15, -0.1) is 0 Å². The van der Waals surface area contributed by atoms with Crippen LogP contribution in [0.4, 0.5) is 40.7 Å². The number of nitro groups is 1. The summed E-state index contributed by atoms with van der Waals surface area (Å²) < 4.78 is 52.7. The Morgan fingerprint density at radius 3 is 2.66 bits per heavy atom. The highest BCUT2D eigenvalue weighted by Gasteiger charge is 2.43. The molecule has 41 heavy (non-hydrogen) atoms. The Balaban J connectivity index is 1.43. The number of carbonyl (C=O) groups is 1. The SMILES string of the molecule is C[N+](C)(C/C=C/C(=O)Nc1cc2c(Nc3ccc(F)c(Br)c3)ncnc2cn1)Cc1[nH]c(C(F)(F)F)nc1[N+](=O)[O-]. The monoisotopic (exact) mass is 638 g/mol. The molecule has 4 aromatic rings. The predicted octanol–water partition coefficient (Wildman–Crippen LogP) is 5.09. The summed E-state index contributed by atoms with van der Waals surface area (Å²) in [6.45, 7) is -0.0385. The summed E-state index contributed by atoms with van der Waals surface area (Å²) in [5, 5.41) is 17.4. The van der Waals surface area contributed by atoms with Crippen LogP contribution >= 0.6 is 15.9 Å². The van der Waals surface area contributed by atoms with E-state index < -0.39 is 34.5 Å². The number of likely N-dealkylation sites (N-methyl/N-ethyl adjacent to an activating group) is 1. The lowest BCUT2D eigenvalue weighted by Crippen LogP contribution is -2.39. The average molecular weight is 639 g/mol. The lowest BCUT2D eigenvalue weighted by atomic mass is 10.2. The van der Waals surface area contributed by atoms with E-state index in [0.29, 0.717) is 22.4 Å². The number of halogens is 5. The van der Waals surface area contributed by atoms with Crippen LogP contribution in [0.2, 0.25) is 0 Å². The van der Waals surface area contributed by atoms with Crippen LogP contribution < -0.4 is 10.6 Å². The normalized spacial score (nSPS) is 12.2. The maximum atomic E-state index is 13.6. The molecule has 17 heteroatoms. The number of fused-ring (bicyclic) bond motifs is 1. The quantitative estimate of drug-likeness (QED) is 0.0754. The molecule has 0 saturated heterocycles. The Morgan fingerprint density at radius 1 is 1.22 bits per heavy atom. The highest BCUT2D eigenvalue weighted by Crippen LogP contribution is 2.31. The Kier molecular flexibility index (Phi) is 8.29. The van der Waals surface area contributed by atoms with Gasteiger partial charge in [-0.2, -0.15) is 13.2 Å². The van der Waals surface area contributed by atoms with Gasteiger partial charge in [-0.05, 0) is 56.2 Å². The highest BCUT2D eigenvalue weighted by atomic mass is 79.9. The van der Waals surface area contributed by atoms with E-state index in [1.165, 1.54) is 42.9 Å². The zero-order valence-corrected chi connectivity index (χ0v) is 22.9. The smallest absolute Gasteiger partial charge is 0.358 e. The third-order valence-corrected chi connectivity index (χ3v) is 6.22. The molecule has 0 bridgehead atoms. The number of alkyl halides is 3. The standard InChI is InChI=1S/C24H20BrF4N9O3/c1-38(2,11-18-22(37(40)41)36-23(34-18)24(27,28)29)7-3-4-20(39)35-19-9-14-17(10-30-19)31-12-32-21(14)33-13-5-6-16(26)15(25)8-13/h3-6,8-10,12H,7,11H2,1-2H3,(H2-,30,31,32,33,34,35,36,39)/p+1/b4-3+. The number of anilines is 3. The van der Waals surface area contributed by atoms with Crippen molar-refractivity contribution in [3.05, 3.63) is 80.9 Å². The van der Waals surface area contributed by atoms with E-state index in [2.05, 4.69) is 46.5 Å². The first kappa shape index (κ1) is 29.5. The molecule has 12 nitrogen and oxygen atoms in total. The summed E-state index contributed by atoms with van der Waals surface area (Å²) in [7, 11) is 3.25. The van der Waals surface area contributed by atoms with Crippen LogP contribution in [0.25, 0.3) is 10.9 Å². The van der Waals surface area contributed by atoms with Crippen molar-refractivity contribution in [3.8, 4) is 0 Å². The molecule has 3 heterocycles. The maximum absolute atomic E-state index is 13.6. The van der Waals surface area contributed by atoms with Gasteiger partial charge in [0.2, 0.25) is 5.91 Å². The molecular formula is C24H21BrF4N9O3+. The second-order valence-corrected chi connectivity index (χ2v) is 10.2. The van der Waals surface area contributed by atoms with Crippen molar-refractivity contribution < 1.29 is 31.8 Å². The maximum Gasteiger partial charge on any atom is 0.475 e. The topological polar surface area (TPSA) is 152 Å². The van der Waals surface area contributed by atoms with E-state index in [1.807, 2.05) is 4.98 Å². The number of aromatic nitrogens is 5. The van der Waals surface area contributed by atoms with Crippen LogP contribution in [-0.2, 0) is 17.5 Å². The molecule has 1 amide bonds. The third-order valence-electron chi connectivity index (χ3n) is 5.61. The fourth-order valence-electron chi connectivity index (χ4n) is 3.74. The number of hydrogen-bond acceptors (Lipinski definition) is 8. The molecule has 4 rings (SSSR count). The van der Waals surface area contributed by atoms with Crippen LogP contribution in [0.1, 0.15) is 11.5 Å². The zero-order valence-electron chi connectivity index (χ0n) is 21.3. The number of imidazole rings is 1. The first-order valence-corrected chi connectivity index (χ1v) is 12.4. The lowest BCUT2D eigenvalue weighted by molar-refractivity contribution is -0.898. The van der Waals surface area contributed by atoms with E-state index in [4.69, 9.17) is 0 Å². The van der Waals surface area contributed by atoms with Gasteiger partial charge in [-0.1, -0.05) is 0 Å². The average Bonchev–Trinajstić information content (AvgIpc) is 3.30. The molecule has 0 aliphatic carbocycles. The molecule has 0 unspecified atom stereocenters. The van der Waals surface area contributed by atoms with E-state index in [9.17, 15) is 32.5 Å². The minimum atomic E-state index is -4.87. The minimum Gasteiger partial charge on any atom is -0.358 e. The fourth-order valence-corrected chi connectivity index (χ4v) is 4.12. The summed E-state index contributed by atoms with van der Waals surface area (Å²) in [5.41, 5.74) is 0.752. The molecule has 1 aromatic carbocycles. The van der Waals surface area contributed by atoms with Gasteiger partial charge in [0.25, 0.3) is 0 Å². The zero-order chi connectivity index (χ0) is 29.9. The van der Waals surface area contributed by atoms with Gasteiger partial charge in [0.1, 0.15) is 30.3 Å². The number of quaternary nitrogens is 1. The molecule has 0 atom stereocenters. The Hall–Kier alpha value is -4.51. The van der Waals surface area contributed by atoms with Gasteiger partial charge in [-0.25, -0.2) is 19.3 Å². The molecule has 0 aliphatic rings. The molecule has 0 fully saturated rings. The van der Waals surface area contributed by atoms with Crippen LogP contribution in [-0.4, -0.2) is 60.9 Å². The van der Waals surface area contributed by atoms with Crippen LogP contribution in [0.3, 0.4) is 0 Å². The number of pyridine rings is 1. The highest BCUT2D eigenvalue weighted by molar-refractivity contribution is 9.10. The van der Waals surface area contributed by atoms with Crippen LogP contribution in [0.15, 0.2) is 53.4 Å². The van der Waals surface area contributed by atoms with E-state index in [0.717, 1.165) is 0 Å². The van der Waals surface area contributed by atoms with Gasteiger partial charge in [0.05, 0.1) is 36.8 Å². The van der Waals surface area contributed by atoms with Crippen molar-refractivity contribution in [1.82, 2.24) is 24.9 Å². The summed E-state index contributed by atoms with van der Waals surface area (Å²) >= 11 is 3.13. The van der Waals surface area contributed by atoms with Crippen molar-refractivity contribution in [2.24, 2.45) is 0 Å². The number of amides is 1. The Labute approximate surface area is 237 Å². The first-order valence-electron chi connectivity index (χ1n) is 11.6. The number of carbonyl (C=O) groups excluding carboxylic acids is 1. The number of rotatable bonds is 9. The minimum absolute atomic E-state index is 0.0236. The predicted molar refractivity (Wildman–Crippen MR) is 143 cm³/mol. The number of nitrogens with one attached hydrogen (secondary N) is 3. The van der Waals surface area contributed by atoms with Crippen molar-refractivity contribution >= 4 is 55.9 Å². The number of H-pyrrole nitrogens is 1. The van der Waals surface area contributed by atoms with Crippen LogP contribution in [0, 0.1) is 15.9 Å². The number of hydrogen-bond donors (Lipinski definition) is 3. The summed E-state index contributed by atoms with van der Waals surface area (Å²) in [6, 6.07) is 5.91. The number of benzene rings is 1. The van der Waals surface area contributed by atoms with Gasteiger partial charge in [0.15, 0.2) is 5.69 Å². The van der Waals surface area contributed by atoms with Crippen LogP contribution in [0.5, 0.6) is 0 Å². The van der Waals surface area contributed by atoms with Gasteiger partial charge >= 0.3 is 17.8 Å². The summed E-state index contributed by atoms with van der Waals surface area (Å²) in [4.78, 5) is 40.3. The Morgan fingerprint density at radius 2 is 1.98 bits per heavy atom. The molecular weight excluding hydrogens is 618 g/mol. The van der Waals surface area contributed by atoms with Crippen molar-refractivity contribution in [3.63, 3.8) is 0 Å². The van der Waals surface area contributed by atoms with Crippen molar-refractivity contribution in [1.29, 1.82) is 0 Å². The van der Waals surface area contributed by atoms with E-state index in [1.54, 1.807) is 20.2 Å². The molecule has 0 radical (unpaired) electrons. The summed E-state index contributed by atoms with van der Waals surface area (Å²) in [5.74, 6) is -2.75. The number of aromatic amines is 1. The molecule has 214 valence electrons. The molecule has 0 aliphatic heterocycles. The van der Waals surface area contributed by atoms with Crippen molar-refractivity contribution in [2.45, 2.75) is 12.7 Å². The van der Waals surface area contributed by atoms with Gasteiger partial charge in [0, 0.05) is 17.1 Å². The number of nitrogens with zero attached hydrogens (tertiary/aromatic N) is 6. The molecule has 3 N–H and O–H groups in total. The van der Waals surface area contributed by atoms with Crippen molar-refractivity contribution in [2.75, 3.05) is 31.3 Å². The largest absolute Gasteiger partial charge is 0.475 e. The second-order valence-electron chi connectivity index (χ2n) is 9.37. The third kappa shape index (κ3) is 7.37. The van der Waals surface area contributed by atoms with E-state index in [-0.39, 0.29) is 33.6 Å². The Bertz CT molecular complexity index is 1660. The molecule has 3 aromatic heterocycles. The fraction of sp³-hybridized carbons (Fsp3) is 0.208. The van der Waals surface area contributed by atoms with Gasteiger partial charge in [-0.3, -0.25) is 4.79 Å². The lowest BCUT2D eigenvalue weighted by Gasteiger charge is -2.27. The molecule has 0 spiro atoms. The first-order chi connectivity index (χ1) is 19.2. The van der Waals surface area contributed by atoms with Gasteiger partial charge < -0.3 is 30.2 Å². The molecule has 0 saturated carbocycles. The summed E-state index contributed by atoms with van der Waals surface area (Å²) in [6.07, 6.45) is 0.592.